The standard InChI is InChI=1S/C13H24N4O/c1-10(2)5-14-7-12-8-17-13(9-15-12)16-6-11(3)18-4/h8-11,14H,5-7H2,1-4H3,(H,16,17). The number of hydrogen-bond acceptors (Lipinski definition) is 5. The SMILES string of the molecule is COC(C)CNc1cnc(CNCC(C)C)cn1. The van der Waals surface area contributed by atoms with Crippen LogP contribution in [0.25, 0.3) is 0 Å². The van der Waals surface area contributed by atoms with Crippen molar-refractivity contribution in [2.75, 3.05) is 25.5 Å². The molecule has 0 saturated heterocycles. The van der Waals surface area contributed by atoms with E-state index in [1.165, 1.54) is 0 Å². The van der Waals surface area contributed by atoms with Crippen molar-refractivity contribution in [1.82, 2.24) is 15.3 Å². The molecule has 102 valence electrons. The monoisotopic (exact) mass is 252 g/mol. The van der Waals surface area contributed by atoms with Gasteiger partial charge in [-0.15, -0.1) is 0 Å². The van der Waals surface area contributed by atoms with Crippen molar-refractivity contribution < 1.29 is 4.74 Å². The molecule has 1 aromatic heterocycles. The van der Waals surface area contributed by atoms with Crippen molar-refractivity contribution in [1.29, 1.82) is 0 Å². The van der Waals surface area contributed by atoms with Gasteiger partial charge in [0.25, 0.3) is 0 Å². The first-order valence-corrected chi connectivity index (χ1v) is 6.40. The molecular formula is C13H24N4O. The van der Waals surface area contributed by atoms with E-state index in [0.29, 0.717) is 5.92 Å². The van der Waals surface area contributed by atoms with Crippen LogP contribution in [-0.4, -0.2) is 36.3 Å². The van der Waals surface area contributed by atoms with Crippen molar-refractivity contribution >= 4 is 5.82 Å². The summed E-state index contributed by atoms with van der Waals surface area (Å²) in [6, 6.07) is 0. The maximum Gasteiger partial charge on any atom is 0.144 e. The zero-order valence-corrected chi connectivity index (χ0v) is 11.7. The Morgan fingerprint density at radius 1 is 1.17 bits per heavy atom. The highest BCUT2D eigenvalue weighted by molar-refractivity contribution is 5.30. The van der Waals surface area contributed by atoms with E-state index in [1.54, 1.807) is 19.5 Å². The predicted molar refractivity (Wildman–Crippen MR) is 73.5 cm³/mol. The van der Waals surface area contributed by atoms with Crippen molar-refractivity contribution in [2.45, 2.75) is 33.4 Å². The van der Waals surface area contributed by atoms with E-state index in [-0.39, 0.29) is 6.10 Å². The van der Waals surface area contributed by atoms with Gasteiger partial charge in [0.15, 0.2) is 0 Å². The van der Waals surface area contributed by atoms with Crippen LogP contribution in [0.5, 0.6) is 0 Å². The molecule has 2 N–H and O–H groups in total. The minimum Gasteiger partial charge on any atom is -0.380 e. The van der Waals surface area contributed by atoms with Gasteiger partial charge in [-0.25, -0.2) is 4.98 Å². The van der Waals surface area contributed by atoms with Crippen LogP contribution in [0.4, 0.5) is 5.82 Å². The van der Waals surface area contributed by atoms with Crippen LogP contribution in [0.2, 0.25) is 0 Å². The largest absolute Gasteiger partial charge is 0.380 e. The number of anilines is 1. The van der Waals surface area contributed by atoms with E-state index in [4.69, 9.17) is 4.74 Å². The van der Waals surface area contributed by atoms with E-state index in [2.05, 4.69) is 34.4 Å². The molecule has 1 unspecified atom stereocenters. The third kappa shape index (κ3) is 5.93. The number of aromatic nitrogens is 2. The fraction of sp³-hybridized carbons (Fsp3) is 0.692. The molecule has 0 bridgehead atoms. The molecule has 0 fully saturated rings. The van der Waals surface area contributed by atoms with Crippen LogP contribution < -0.4 is 10.6 Å². The molecular weight excluding hydrogens is 228 g/mol. The Bertz CT molecular complexity index is 326. The van der Waals surface area contributed by atoms with Gasteiger partial charge >= 0.3 is 0 Å². The number of nitrogens with zero attached hydrogens (tertiary/aromatic N) is 2. The van der Waals surface area contributed by atoms with E-state index in [1.807, 2.05) is 6.92 Å². The van der Waals surface area contributed by atoms with Crippen LogP contribution in [-0.2, 0) is 11.3 Å². The Morgan fingerprint density at radius 2 is 1.94 bits per heavy atom. The molecule has 0 amide bonds. The van der Waals surface area contributed by atoms with Gasteiger partial charge in [-0.2, -0.15) is 0 Å². The van der Waals surface area contributed by atoms with Crippen molar-refractivity contribution in [3.63, 3.8) is 0 Å². The summed E-state index contributed by atoms with van der Waals surface area (Å²) in [6.45, 7) is 8.86. The summed E-state index contributed by atoms with van der Waals surface area (Å²) in [6.07, 6.45) is 3.72. The van der Waals surface area contributed by atoms with Crippen LogP contribution in [0.3, 0.4) is 0 Å². The van der Waals surface area contributed by atoms with Crippen LogP contribution >= 0.6 is 0 Å². The molecule has 0 saturated carbocycles. The maximum atomic E-state index is 5.15. The van der Waals surface area contributed by atoms with E-state index in [9.17, 15) is 0 Å². The number of methoxy groups -OCH3 is 1. The number of nitrogens with one attached hydrogen (secondary N) is 2. The Labute approximate surface area is 109 Å². The number of hydrogen-bond donors (Lipinski definition) is 2. The molecule has 0 radical (unpaired) electrons. The first-order chi connectivity index (χ1) is 8.61. The van der Waals surface area contributed by atoms with Crippen LogP contribution in [0, 0.1) is 5.92 Å². The highest BCUT2D eigenvalue weighted by atomic mass is 16.5. The third-order valence-corrected chi connectivity index (χ3v) is 2.54. The molecule has 5 heteroatoms. The molecule has 1 atom stereocenters. The Hall–Kier alpha value is -1.20. The Kier molecular flexibility index (Phi) is 6.60. The van der Waals surface area contributed by atoms with Gasteiger partial charge in [0.2, 0.25) is 0 Å². The normalized spacial score (nSPS) is 12.7. The van der Waals surface area contributed by atoms with Crippen molar-refractivity contribution in [3.8, 4) is 0 Å². The van der Waals surface area contributed by atoms with Gasteiger partial charge in [0, 0.05) is 20.2 Å². The molecule has 0 aliphatic carbocycles. The maximum absolute atomic E-state index is 5.15. The fourth-order valence-corrected chi connectivity index (χ4v) is 1.36. The minimum absolute atomic E-state index is 0.166. The quantitative estimate of drug-likeness (QED) is 0.737. The Morgan fingerprint density at radius 3 is 2.50 bits per heavy atom. The van der Waals surface area contributed by atoms with E-state index in [0.717, 1.165) is 31.1 Å². The van der Waals surface area contributed by atoms with Gasteiger partial charge in [-0.3, -0.25) is 4.98 Å². The van der Waals surface area contributed by atoms with Gasteiger partial charge in [0.1, 0.15) is 5.82 Å². The fourth-order valence-electron chi connectivity index (χ4n) is 1.36. The summed E-state index contributed by atoms with van der Waals surface area (Å²) in [5, 5.41) is 6.51. The number of ether oxygens (including phenoxy) is 1. The first kappa shape index (κ1) is 14.9. The lowest BCUT2D eigenvalue weighted by Crippen LogP contribution is -2.20. The molecule has 0 aromatic carbocycles. The highest BCUT2D eigenvalue weighted by Crippen LogP contribution is 2.02. The predicted octanol–water partition coefficient (Wildman–Crippen LogP) is 1.67. The Balaban J connectivity index is 2.33. The minimum atomic E-state index is 0.166. The van der Waals surface area contributed by atoms with Crippen LogP contribution in [0.1, 0.15) is 26.5 Å². The molecule has 0 aliphatic rings. The van der Waals surface area contributed by atoms with Gasteiger partial charge in [0.05, 0.1) is 24.2 Å². The second-order valence-corrected chi connectivity index (χ2v) is 4.84. The number of rotatable bonds is 8. The van der Waals surface area contributed by atoms with E-state index < -0.39 is 0 Å². The summed E-state index contributed by atoms with van der Waals surface area (Å²) < 4.78 is 5.15. The average Bonchev–Trinajstić information content (AvgIpc) is 2.37. The summed E-state index contributed by atoms with van der Waals surface area (Å²) in [7, 11) is 1.70. The summed E-state index contributed by atoms with van der Waals surface area (Å²) >= 11 is 0. The molecule has 0 aliphatic heterocycles. The van der Waals surface area contributed by atoms with Crippen LogP contribution in [0.15, 0.2) is 12.4 Å². The van der Waals surface area contributed by atoms with Crippen molar-refractivity contribution in [2.24, 2.45) is 5.92 Å². The summed E-state index contributed by atoms with van der Waals surface area (Å²) in [4.78, 5) is 8.66. The van der Waals surface area contributed by atoms with Crippen molar-refractivity contribution in [3.05, 3.63) is 18.1 Å². The third-order valence-electron chi connectivity index (χ3n) is 2.54. The smallest absolute Gasteiger partial charge is 0.144 e. The zero-order chi connectivity index (χ0) is 13.4. The zero-order valence-electron chi connectivity index (χ0n) is 11.7. The molecule has 5 nitrogen and oxygen atoms in total. The van der Waals surface area contributed by atoms with Gasteiger partial charge in [-0.05, 0) is 19.4 Å². The topological polar surface area (TPSA) is 59.1 Å². The molecule has 0 spiro atoms. The van der Waals surface area contributed by atoms with E-state index >= 15 is 0 Å². The molecule has 1 aromatic rings. The second kappa shape index (κ2) is 8.00. The summed E-state index contributed by atoms with van der Waals surface area (Å²) in [5.41, 5.74) is 0.959. The molecule has 1 heterocycles. The lowest BCUT2D eigenvalue weighted by Gasteiger charge is -2.11. The highest BCUT2D eigenvalue weighted by Gasteiger charge is 2.01. The average molecular weight is 252 g/mol. The first-order valence-electron chi connectivity index (χ1n) is 6.40. The van der Waals surface area contributed by atoms with Gasteiger partial charge < -0.3 is 15.4 Å². The second-order valence-electron chi connectivity index (χ2n) is 4.84. The van der Waals surface area contributed by atoms with Gasteiger partial charge in [-0.1, -0.05) is 13.8 Å². The lowest BCUT2D eigenvalue weighted by molar-refractivity contribution is 0.128. The molecule has 1 rings (SSSR count). The summed E-state index contributed by atoms with van der Waals surface area (Å²) in [5.74, 6) is 1.43. The lowest BCUT2D eigenvalue weighted by atomic mass is 10.2. The molecule has 18 heavy (non-hydrogen) atoms.